The van der Waals surface area contributed by atoms with Crippen molar-refractivity contribution in [3.8, 4) is 0 Å². The van der Waals surface area contributed by atoms with Crippen molar-refractivity contribution in [2.45, 2.75) is 32.4 Å². The second-order valence-corrected chi connectivity index (χ2v) is 10.2. The zero-order valence-corrected chi connectivity index (χ0v) is 22.6. The minimum Gasteiger partial charge on any atom is -0.352 e. The van der Waals surface area contributed by atoms with Crippen molar-refractivity contribution < 1.29 is 9.59 Å². The lowest BCUT2D eigenvalue weighted by atomic mass is 10.0. The average molecular weight is 539 g/mol. The number of benzene rings is 4. The van der Waals surface area contributed by atoms with Crippen LogP contribution in [0.5, 0.6) is 0 Å². The minimum absolute atomic E-state index is 0.0605. The second-order valence-electron chi connectivity index (χ2n) is 9.76. The van der Waals surface area contributed by atoms with Gasteiger partial charge in [-0.1, -0.05) is 71.8 Å². The number of halogens is 1. The molecule has 4 aromatic carbocycles. The van der Waals surface area contributed by atoms with Crippen molar-refractivity contribution in [2.75, 3.05) is 18.1 Å². The first kappa shape index (κ1) is 26.6. The molecule has 5 rings (SSSR count). The molecule has 0 aliphatic carbocycles. The molecule has 1 aliphatic rings. The number of amides is 1. The summed E-state index contributed by atoms with van der Waals surface area (Å²) in [6.07, 6.45) is 2.04. The number of Topliss-reactive ketones (excluding diaryl/α,β-unsaturated/α-hetero) is 1. The van der Waals surface area contributed by atoms with Crippen LogP contribution in [0.2, 0.25) is 5.02 Å². The highest BCUT2D eigenvalue weighted by Gasteiger charge is 2.31. The zero-order chi connectivity index (χ0) is 27.2. The predicted molar refractivity (Wildman–Crippen MR) is 159 cm³/mol. The van der Waals surface area contributed by atoms with Crippen LogP contribution in [0.15, 0.2) is 96.1 Å². The van der Waals surface area contributed by atoms with Crippen LogP contribution in [0.3, 0.4) is 0 Å². The first-order valence-corrected chi connectivity index (χ1v) is 13.6. The fourth-order valence-corrected chi connectivity index (χ4v) is 4.79. The third kappa shape index (κ3) is 6.53. The van der Waals surface area contributed by atoms with Crippen molar-refractivity contribution in [1.29, 1.82) is 0 Å². The van der Waals surface area contributed by atoms with Gasteiger partial charge in [0.2, 0.25) is 5.78 Å². The first-order valence-electron chi connectivity index (χ1n) is 13.2. The maximum atomic E-state index is 13.2. The summed E-state index contributed by atoms with van der Waals surface area (Å²) in [4.78, 5) is 25.8. The van der Waals surface area contributed by atoms with Gasteiger partial charge in [0.15, 0.2) is 0 Å². The van der Waals surface area contributed by atoms with Crippen LogP contribution in [0.4, 0.5) is 5.69 Å². The molecule has 0 bridgehead atoms. The molecule has 1 unspecified atom stereocenters. The van der Waals surface area contributed by atoms with Crippen LogP contribution in [0.25, 0.3) is 10.8 Å². The molecular formula is C32H31ClN4O2. The molecule has 6 nitrogen and oxygen atoms in total. The van der Waals surface area contributed by atoms with Crippen molar-refractivity contribution >= 4 is 45.5 Å². The Kier molecular flexibility index (Phi) is 8.35. The Labute approximate surface area is 233 Å². The first-order chi connectivity index (χ1) is 19.0. The number of carbonyl (C=O) groups excluding carboxylic acids is 2. The fourth-order valence-electron chi connectivity index (χ4n) is 4.66. The quantitative estimate of drug-likeness (QED) is 0.181. The lowest BCUT2D eigenvalue weighted by molar-refractivity contribution is 0.0952. The summed E-state index contributed by atoms with van der Waals surface area (Å²) in [5, 5.41) is 15.9. The fraction of sp³-hybridized carbons (Fsp3) is 0.219. The van der Waals surface area contributed by atoms with Crippen LogP contribution in [-0.2, 0) is 0 Å². The Morgan fingerprint density at radius 2 is 1.56 bits per heavy atom. The monoisotopic (exact) mass is 538 g/mol. The number of hydrazone groups is 1. The van der Waals surface area contributed by atoms with Gasteiger partial charge in [0.05, 0.1) is 5.69 Å². The van der Waals surface area contributed by atoms with E-state index in [1.807, 2.05) is 103 Å². The maximum absolute atomic E-state index is 13.2. The molecule has 0 spiro atoms. The minimum atomic E-state index is -0.150. The number of hydrogen-bond donors (Lipinski definition) is 2. The summed E-state index contributed by atoms with van der Waals surface area (Å²) < 4.78 is 0. The Hall–Kier alpha value is -4.00. The van der Waals surface area contributed by atoms with Gasteiger partial charge in [-0.3, -0.25) is 14.9 Å². The van der Waals surface area contributed by atoms with Gasteiger partial charge in [-0.25, -0.2) is 5.01 Å². The SMILES string of the molecule is Cc1ccc(C(=O)C2=NN(c3ccc(Cl)cc3)C(NCCCCNC(=O)c3ccc4ccccc4c3)C2)cc1. The van der Waals surface area contributed by atoms with Gasteiger partial charge in [0.1, 0.15) is 11.9 Å². The third-order valence-electron chi connectivity index (χ3n) is 6.86. The van der Waals surface area contributed by atoms with E-state index >= 15 is 0 Å². The molecule has 0 saturated carbocycles. The van der Waals surface area contributed by atoms with E-state index in [2.05, 4.69) is 10.6 Å². The predicted octanol–water partition coefficient (Wildman–Crippen LogP) is 6.38. The van der Waals surface area contributed by atoms with E-state index in [9.17, 15) is 9.59 Å². The van der Waals surface area contributed by atoms with E-state index in [-0.39, 0.29) is 17.9 Å². The van der Waals surface area contributed by atoms with E-state index in [0.29, 0.717) is 34.8 Å². The number of ketones is 1. The van der Waals surface area contributed by atoms with Crippen molar-refractivity contribution in [3.63, 3.8) is 0 Å². The molecule has 198 valence electrons. The number of anilines is 1. The molecule has 0 saturated heterocycles. The Balaban J connectivity index is 1.14. The highest BCUT2D eigenvalue weighted by atomic mass is 35.5. The van der Waals surface area contributed by atoms with E-state index in [1.165, 1.54) is 0 Å². The van der Waals surface area contributed by atoms with Gasteiger partial charge < -0.3 is 5.32 Å². The summed E-state index contributed by atoms with van der Waals surface area (Å²) in [5.74, 6) is -0.124. The van der Waals surface area contributed by atoms with Crippen LogP contribution >= 0.6 is 11.6 Å². The summed E-state index contributed by atoms with van der Waals surface area (Å²) in [6.45, 7) is 3.31. The number of rotatable bonds is 10. The number of hydrogen-bond acceptors (Lipinski definition) is 5. The molecule has 0 fully saturated rings. The molecule has 7 heteroatoms. The van der Waals surface area contributed by atoms with E-state index in [1.54, 1.807) is 0 Å². The Morgan fingerprint density at radius 3 is 2.33 bits per heavy atom. The van der Waals surface area contributed by atoms with Crippen LogP contribution in [0.1, 0.15) is 45.5 Å². The number of aryl methyl sites for hydroxylation is 1. The highest BCUT2D eigenvalue weighted by molar-refractivity contribution is 6.46. The molecule has 1 heterocycles. The molecule has 4 aromatic rings. The summed E-state index contributed by atoms with van der Waals surface area (Å²) in [6, 6.07) is 28.8. The van der Waals surface area contributed by atoms with E-state index in [4.69, 9.17) is 16.7 Å². The standard InChI is InChI=1S/C32H31ClN4O2/c1-22-8-10-24(11-9-22)31(38)29-21-30(37(36-29)28-16-14-27(33)15-17-28)34-18-4-5-19-35-32(39)26-13-12-23-6-2-3-7-25(23)20-26/h2-3,6-17,20,30,34H,4-5,18-19,21H2,1H3,(H,35,39). The largest absolute Gasteiger partial charge is 0.352 e. The van der Waals surface area contributed by atoms with Gasteiger partial charge in [-0.2, -0.15) is 5.10 Å². The Bertz CT molecular complexity index is 1500. The molecule has 1 amide bonds. The van der Waals surface area contributed by atoms with Crippen LogP contribution in [0, 0.1) is 6.92 Å². The average Bonchev–Trinajstić information content (AvgIpc) is 3.39. The van der Waals surface area contributed by atoms with Crippen molar-refractivity contribution in [1.82, 2.24) is 10.6 Å². The number of fused-ring (bicyclic) bond motifs is 1. The lowest BCUT2D eigenvalue weighted by Gasteiger charge is -2.24. The number of carbonyl (C=O) groups is 2. The molecule has 39 heavy (non-hydrogen) atoms. The highest BCUT2D eigenvalue weighted by Crippen LogP contribution is 2.26. The second kappa shape index (κ2) is 12.2. The van der Waals surface area contributed by atoms with Crippen LogP contribution in [-0.4, -0.2) is 36.7 Å². The topological polar surface area (TPSA) is 73.8 Å². The number of unbranched alkanes of at least 4 members (excludes halogenated alkanes) is 1. The summed E-state index contributed by atoms with van der Waals surface area (Å²) in [7, 11) is 0. The number of nitrogens with one attached hydrogen (secondary N) is 2. The molecule has 2 N–H and O–H groups in total. The van der Waals surface area contributed by atoms with Gasteiger partial charge in [-0.15, -0.1) is 0 Å². The normalized spacial score (nSPS) is 14.9. The van der Waals surface area contributed by atoms with E-state index < -0.39 is 0 Å². The smallest absolute Gasteiger partial charge is 0.251 e. The van der Waals surface area contributed by atoms with Crippen molar-refractivity contribution in [2.24, 2.45) is 5.10 Å². The van der Waals surface area contributed by atoms with Crippen LogP contribution < -0.4 is 15.6 Å². The molecule has 1 aliphatic heterocycles. The van der Waals surface area contributed by atoms with Gasteiger partial charge in [-0.05, 0) is 73.5 Å². The molecule has 1 atom stereocenters. The Morgan fingerprint density at radius 1 is 0.872 bits per heavy atom. The van der Waals surface area contributed by atoms with Crippen molar-refractivity contribution in [3.05, 3.63) is 113 Å². The van der Waals surface area contributed by atoms with E-state index in [0.717, 1.165) is 41.4 Å². The molecule has 0 radical (unpaired) electrons. The summed E-state index contributed by atoms with van der Waals surface area (Å²) >= 11 is 6.09. The zero-order valence-electron chi connectivity index (χ0n) is 21.9. The van der Waals surface area contributed by atoms with Gasteiger partial charge in [0, 0.05) is 29.1 Å². The maximum Gasteiger partial charge on any atom is 0.251 e. The summed E-state index contributed by atoms with van der Waals surface area (Å²) in [5.41, 5.74) is 3.80. The number of nitrogens with zero attached hydrogens (tertiary/aromatic N) is 2. The lowest BCUT2D eigenvalue weighted by Crippen LogP contribution is -2.41. The third-order valence-corrected chi connectivity index (χ3v) is 7.11. The molecular weight excluding hydrogens is 508 g/mol. The van der Waals surface area contributed by atoms with Gasteiger partial charge in [0.25, 0.3) is 5.91 Å². The molecule has 0 aromatic heterocycles. The van der Waals surface area contributed by atoms with Gasteiger partial charge >= 0.3 is 0 Å².